The van der Waals surface area contributed by atoms with E-state index in [4.69, 9.17) is 9.47 Å². The molecule has 1 N–H and O–H groups in total. The topological polar surface area (TPSA) is 67.9 Å². The number of nitrogens with one attached hydrogen (secondary N) is 1. The average molecular weight is 441 g/mol. The van der Waals surface area contributed by atoms with Crippen LogP contribution in [-0.2, 0) is 4.79 Å². The predicted octanol–water partition coefficient (Wildman–Crippen LogP) is 3.80. The maximum Gasteiger partial charge on any atom is 0.258 e. The first kappa shape index (κ1) is 22.1. The van der Waals surface area contributed by atoms with Gasteiger partial charge in [0, 0.05) is 12.1 Å². The molecule has 1 aliphatic carbocycles. The highest BCUT2D eigenvalue weighted by Gasteiger charge is 2.47. The largest absolute Gasteiger partial charge is 0.496 e. The van der Waals surface area contributed by atoms with Crippen LogP contribution < -0.4 is 14.8 Å². The zero-order chi connectivity index (χ0) is 22.5. The van der Waals surface area contributed by atoms with Gasteiger partial charge in [-0.25, -0.2) is 4.39 Å². The van der Waals surface area contributed by atoms with Gasteiger partial charge in [0.25, 0.3) is 5.91 Å². The molecule has 4 rings (SSSR count). The van der Waals surface area contributed by atoms with Crippen LogP contribution in [0.5, 0.6) is 11.5 Å². The molecule has 0 spiro atoms. The molecule has 1 saturated carbocycles. The second-order valence-corrected chi connectivity index (χ2v) is 8.37. The number of nitrogens with zero attached hydrogens (tertiary/aromatic N) is 1. The van der Waals surface area contributed by atoms with Crippen molar-refractivity contribution in [3.05, 3.63) is 59.9 Å². The zero-order valence-electron chi connectivity index (χ0n) is 18.3. The number of amides is 2. The molecule has 2 aliphatic rings. The third-order valence-corrected chi connectivity index (χ3v) is 6.43. The fourth-order valence-electron chi connectivity index (χ4n) is 4.96. The summed E-state index contributed by atoms with van der Waals surface area (Å²) in [5.41, 5.74) is 0.480. The lowest BCUT2D eigenvalue weighted by molar-refractivity contribution is -0.125. The van der Waals surface area contributed by atoms with E-state index in [0.717, 1.165) is 25.7 Å². The van der Waals surface area contributed by atoms with Crippen molar-refractivity contribution in [3.8, 4) is 11.5 Å². The van der Waals surface area contributed by atoms with E-state index in [1.54, 1.807) is 36.3 Å². The minimum absolute atomic E-state index is 0.0699. The SMILES string of the molecule is COc1ccccc1C(=O)N1C(C(=O)NCCOc2cccc(F)c2)CC2CCCCC21. The third kappa shape index (κ3) is 4.71. The lowest BCUT2D eigenvalue weighted by Gasteiger charge is -2.34. The summed E-state index contributed by atoms with van der Waals surface area (Å²) >= 11 is 0. The number of halogens is 1. The Hall–Kier alpha value is -3.09. The van der Waals surface area contributed by atoms with Crippen molar-refractivity contribution in [1.29, 1.82) is 0 Å². The van der Waals surface area contributed by atoms with E-state index in [1.807, 2.05) is 12.1 Å². The highest BCUT2D eigenvalue weighted by molar-refractivity contribution is 6.00. The van der Waals surface area contributed by atoms with Gasteiger partial charge in [0.2, 0.25) is 5.91 Å². The van der Waals surface area contributed by atoms with Gasteiger partial charge >= 0.3 is 0 Å². The third-order valence-electron chi connectivity index (χ3n) is 6.43. The molecule has 2 aromatic rings. The van der Waals surface area contributed by atoms with E-state index in [2.05, 4.69) is 5.32 Å². The molecule has 0 aromatic heterocycles. The number of likely N-dealkylation sites (tertiary alicyclic amines) is 1. The Balaban J connectivity index is 1.44. The van der Waals surface area contributed by atoms with Crippen LogP contribution in [0.4, 0.5) is 4.39 Å². The van der Waals surface area contributed by atoms with Gasteiger partial charge in [-0.15, -0.1) is 0 Å². The quantitative estimate of drug-likeness (QED) is 0.665. The number of benzene rings is 2. The van der Waals surface area contributed by atoms with Crippen LogP contribution >= 0.6 is 0 Å². The number of fused-ring (bicyclic) bond motifs is 1. The zero-order valence-corrected chi connectivity index (χ0v) is 18.3. The molecular formula is C25H29FN2O4. The Bertz CT molecular complexity index is 966. The van der Waals surface area contributed by atoms with Gasteiger partial charge in [0.05, 0.1) is 19.2 Å². The van der Waals surface area contributed by atoms with Crippen molar-refractivity contribution in [2.45, 2.75) is 44.2 Å². The Labute approximate surface area is 187 Å². The molecule has 0 radical (unpaired) electrons. The Morgan fingerprint density at radius 2 is 1.94 bits per heavy atom. The molecule has 7 heteroatoms. The van der Waals surface area contributed by atoms with Crippen molar-refractivity contribution < 1.29 is 23.5 Å². The second kappa shape index (κ2) is 10.0. The van der Waals surface area contributed by atoms with Crippen LogP contribution in [0.15, 0.2) is 48.5 Å². The number of carbonyl (C=O) groups excluding carboxylic acids is 2. The van der Waals surface area contributed by atoms with Gasteiger partial charge in [-0.1, -0.05) is 31.0 Å². The van der Waals surface area contributed by atoms with Crippen LogP contribution in [-0.4, -0.2) is 49.1 Å². The number of rotatable bonds is 7. The number of hydrogen-bond donors (Lipinski definition) is 1. The fourth-order valence-corrected chi connectivity index (χ4v) is 4.96. The van der Waals surface area contributed by atoms with E-state index in [9.17, 15) is 14.0 Å². The Morgan fingerprint density at radius 3 is 2.75 bits per heavy atom. The fraction of sp³-hybridized carbons (Fsp3) is 0.440. The van der Waals surface area contributed by atoms with E-state index < -0.39 is 6.04 Å². The molecule has 2 amide bonds. The summed E-state index contributed by atoms with van der Waals surface area (Å²) in [6.07, 6.45) is 4.81. The molecule has 3 unspecified atom stereocenters. The lowest BCUT2D eigenvalue weighted by atomic mass is 9.84. The average Bonchev–Trinajstić information content (AvgIpc) is 3.21. The van der Waals surface area contributed by atoms with E-state index in [0.29, 0.717) is 29.4 Å². The van der Waals surface area contributed by atoms with E-state index in [1.165, 1.54) is 12.1 Å². The van der Waals surface area contributed by atoms with Gasteiger partial charge in [-0.05, 0) is 49.4 Å². The van der Waals surface area contributed by atoms with Gasteiger partial charge < -0.3 is 19.7 Å². The summed E-state index contributed by atoms with van der Waals surface area (Å²) in [5.74, 6) is 0.560. The van der Waals surface area contributed by atoms with Crippen molar-refractivity contribution in [2.75, 3.05) is 20.3 Å². The van der Waals surface area contributed by atoms with Crippen molar-refractivity contribution >= 4 is 11.8 Å². The van der Waals surface area contributed by atoms with Crippen LogP contribution in [0, 0.1) is 11.7 Å². The highest BCUT2D eigenvalue weighted by Crippen LogP contribution is 2.41. The minimum Gasteiger partial charge on any atom is -0.496 e. The number of methoxy groups -OCH3 is 1. The van der Waals surface area contributed by atoms with E-state index in [-0.39, 0.29) is 36.8 Å². The first-order valence-electron chi connectivity index (χ1n) is 11.2. The molecule has 1 aliphatic heterocycles. The summed E-state index contributed by atoms with van der Waals surface area (Å²) in [7, 11) is 1.54. The van der Waals surface area contributed by atoms with Gasteiger partial charge in [-0.2, -0.15) is 0 Å². The number of carbonyl (C=O) groups is 2. The predicted molar refractivity (Wildman–Crippen MR) is 118 cm³/mol. The monoisotopic (exact) mass is 440 g/mol. The summed E-state index contributed by atoms with van der Waals surface area (Å²) in [5, 5.41) is 2.90. The molecular weight excluding hydrogens is 411 g/mol. The van der Waals surface area contributed by atoms with Crippen LogP contribution in [0.25, 0.3) is 0 Å². The second-order valence-electron chi connectivity index (χ2n) is 8.37. The van der Waals surface area contributed by atoms with Crippen molar-refractivity contribution in [1.82, 2.24) is 10.2 Å². The molecule has 1 saturated heterocycles. The first-order valence-corrected chi connectivity index (χ1v) is 11.2. The maximum atomic E-state index is 13.5. The van der Waals surface area contributed by atoms with Crippen LogP contribution in [0.2, 0.25) is 0 Å². The summed E-state index contributed by atoms with van der Waals surface area (Å²) < 4.78 is 24.2. The molecule has 1 heterocycles. The van der Waals surface area contributed by atoms with Gasteiger partial charge in [0.15, 0.2) is 0 Å². The molecule has 0 bridgehead atoms. The molecule has 32 heavy (non-hydrogen) atoms. The first-order chi connectivity index (χ1) is 15.6. The number of ether oxygens (including phenoxy) is 2. The highest BCUT2D eigenvalue weighted by atomic mass is 19.1. The molecule has 3 atom stereocenters. The molecule has 2 fully saturated rings. The lowest BCUT2D eigenvalue weighted by Crippen LogP contribution is -2.50. The summed E-state index contributed by atoms with van der Waals surface area (Å²) in [6, 6.07) is 12.6. The van der Waals surface area contributed by atoms with Crippen LogP contribution in [0.1, 0.15) is 42.5 Å². The molecule has 6 nitrogen and oxygen atoms in total. The normalized spacial score (nSPS) is 22.2. The minimum atomic E-state index is -0.519. The molecule has 170 valence electrons. The summed E-state index contributed by atoms with van der Waals surface area (Å²) in [6.45, 7) is 0.493. The number of para-hydroxylation sites is 1. The summed E-state index contributed by atoms with van der Waals surface area (Å²) in [4.78, 5) is 28.4. The van der Waals surface area contributed by atoms with E-state index >= 15 is 0 Å². The molecule has 2 aromatic carbocycles. The van der Waals surface area contributed by atoms with Crippen LogP contribution in [0.3, 0.4) is 0 Å². The van der Waals surface area contributed by atoms with Gasteiger partial charge in [-0.3, -0.25) is 9.59 Å². The standard InChI is InChI=1S/C25H29FN2O4/c1-31-23-12-5-3-10-20(23)25(30)28-21-11-4-2-7-17(21)15-22(28)24(29)27-13-14-32-19-9-6-8-18(26)16-19/h3,5-6,8-10,12,16-17,21-22H,2,4,7,11,13-15H2,1H3,(H,27,29). The Kier molecular flexibility index (Phi) is 6.93. The maximum absolute atomic E-state index is 13.5. The van der Waals surface area contributed by atoms with Crippen molar-refractivity contribution in [2.24, 2.45) is 5.92 Å². The Morgan fingerprint density at radius 1 is 1.12 bits per heavy atom. The van der Waals surface area contributed by atoms with Crippen molar-refractivity contribution in [3.63, 3.8) is 0 Å². The number of hydrogen-bond acceptors (Lipinski definition) is 4. The smallest absolute Gasteiger partial charge is 0.258 e. The van der Waals surface area contributed by atoms with Gasteiger partial charge in [0.1, 0.15) is 30.0 Å².